The minimum atomic E-state index is -4.87. The van der Waals surface area contributed by atoms with Crippen LogP contribution in [0.5, 0.6) is 5.75 Å². The van der Waals surface area contributed by atoms with E-state index in [1.165, 1.54) is 12.1 Å². The van der Waals surface area contributed by atoms with Crippen molar-refractivity contribution < 1.29 is 22.7 Å². The molecule has 0 bridgehead atoms. The van der Waals surface area contributed by atoms with E-state index in [2.05, 4.69) is 6.92 Å². The molecule has 0 radical (unpaired) electrons. The van der Waals surface area contributed by atoms with Crippen molar-refractivity contribution in [1.82, 2.24) is 0 Å². The molecule has 0 aliphatic carbocycles. The molecule has 0 amide bonds. The molecule has 0 fully saturated rings. The zero-order valence-electron chi connectivity index (χ0n) is 10.8. The van der Waals surface area contributed by atoms with Crippen molar-refractivity contribution in [3.05, 3.63) is 29.8 Å². The van der Waals surface area contributed by atoms with Gasteiger partial charge in [0.15, 0.2) is 0 Å². The molecular weight excluding hydrogens is 257 g/mol. The third-order valence-electron chi connectivity index (χ3n) is 2.64. The molecule has 0 unspecified atom stereocenters. The van der Waals surface area contributed by atoms with E-state index in [-0.39, 0.29) is 5.75 Å². The van der Waals surface area contributed by atoms with Crippen LogP contribution in [0.1, 0.15) is 43.0 Å². The number of carbonyl (C=O) groups is 1. The van der Waals surface area contributed by atoms with Gasteiger partial charge in [0.1, 0.15) is 5.75 Å². The normalized spacial score (nSPS) is 11.4. The average Bonchev–Trinajstić information content (AvgIpc) is 2.37. The predicted molar refractivity (Wildman–Crippen MR) is 66.5 cm³/mol. The van der Waals surface area contributed by atoms with Crippen molar-refractivity contribution in [3.8, 4) is 5.75 Å². The molecule has 0 aliphatic heterocycles. The molecule has 0 aliphatic rings. The fraction of sp³-hybridized carbons (Fsp3) is 0.500. The zero-order valence-corrected chi connectivity index (χ0v) is 10.8. The van der Waals surface area contributed by atoms with E-state index in [1.54, 1.807) is 6.07 Å². The maximum atomic E-state index is 12.4. The highest BCUT2D eigenvalue weighted by molar-refractivity contribution is 6.02. The lowest BCUT2D eigenvalue weighted by Crippen LogP contribution is -2.23. The Morgan fingerprint density at radius 2 is 1.84 bits per heavy atom. The second-order valence-electron chi connectivity index (χ2n) is 4.23. The summed E-state index contributed by atoms with van der Waals surface area (Å²) in [4.78, 5) is 11.2. The van der Waals surface area contributed by atoms with Gasteiger partial charge >= 0.3 is 6.18 Å². The minimum Gasteiger partial charge on any atom is -0.493 e. The molecule has 5 heteroatoms. The summed E-state index contributed by atoms with van der Waals surface area (Å²) < 4.78 is 42.5. The van der Waals surface area contributed by atoms with Crippen LogP contribution in [0.4, 0.5) is 13.2 Å². The van der Waals surface area contributed by atoms with Crippen molar-refractivity contribution in [1.29, 1.82) is 0 Å². The molecule has 0 spiro atoms. The first-order valence-corrected chi connectivity index (χ1v) is 6.30. The number of unbranched alkanes of at least 4 members (excludes halogenated alkanes) is 3. The lowest BCUT2D eigenvalue weighted by atomic mass is 10.1. The van der Waals surface area contributed by atoms with E-state index in [4.69, 9.17) is 4.74 Å². The molecular formula is C14H17F3O2. The smallest absolute Gasteiger partial charge is 0.455 e. The molecule has 0 N–H and O–H groups in total. The number of para-hydroxylation sites is 1. The third kappa shape index (κ3) is 4.93. The van der Waals surface area contributed by atoms with Crippen LogP contribution in [0.15, 0.2) is 24.3 Å². The van der Waals surface area contributed by atoms with Gasteiger partial charge in [-0.15, -0.1) is 0 Å². The van der Waals surface area contributed by atoms with E-state index >= 15 is 0 Å². The first kappa shape index (κ1) is 15.5. The van der Waals surface area contributed by atoms with Gasteiger partial charge < -0.3 is 4.74 Å². The lowest BCUT2D eigenvalue weighted by Gasteiger charge is -2.11. The Morgan fingerprint density at radius 3 is 2.47 bits per heavy atom. The highest BCUT2D eigenvalue weighted by Crippen LogP contribution is 2.27. The van der Waals surface area contributed by atoms with Gasteiger partial charge in [-0.2, -0.15) is 13.2 Å². The molecule has 1 aromatic rings. The van der Waals surface area contributed by atoms with Crippen LogP contribution in [-0.4, -0.2) is 18.6 Å². The number of alkyl halides is 3. The Morgan fingerprint density at radius 1 is 1.16 bits per heavy atom. The topological polar surface area (TPSA) is 26.3 Å². The average molecular weight is 274 g/mol. The second-order valence-corrected chi connectivity index (χ2v) is 4.23. The summed E-state index contributed by atoms with van der Waals surface area (Å²) in [5.74, 6) is -1.86. The van der Waals surface area contributed by atoms with Crippen LogP contribution in [-0.2, 0) is 0 Å². The number of carbonyl (C=O) groups excluding carboxylic acids is 1. The van der Waals surface area contributed by atoms with Crippen LogP contribution < -0.4 is 4.74 Å². The van der Waals surface area contributed by atoms with E-state index in [1.807, 2.05) is 0 Å². The number of ketones is 1. The zero-order chi connectivity index (χ0) is 14.3. The van der Waals surface area contributed by atoms with Crippen molar-refractivity contribution in [2.45, 2.75) is 38.8 Å². The SMILES string of the molecule is CCCCCCOc1ccccc1C(=O)C(F)(F)F. The Balaban J connectivity index is 2.66. The summed E-state index contributed by atoms with van der Waals surface area (Å²) in [6.07, 6.45) is -1.01. The van der Waals surface area contributed by atoms with Crippen LogP contribution in [0.2, 0.25) is 0 Å². The van der Waals surface area contributed by atoms with Crippen molar-refractivity contribution in [3.63, 3.8) is 0 Å². The number of hydrogen-bond donors (Lipinski definition) is 0. The Hall–Kier alpha value is -1.52. The fourth-order valence-corrected chi connectivity index (χ4v) is 1.64. The van der Waals surface area contributed by atoms with Gasteiger partial charge in [-0.25, -0.2) is 0 Å². The Bertz CT molecular complexity index is 413. The summed E-state index contributed by atoms with van der Waals surface area (Å²) in [6.45, 7) is 2.39. The highest BCUT2D eigenvalue weighted by atomic mass is 19.4. The predicted octanol–water partition coefficient (Wildman–Crippen LogP) is 4.39. The standard InChI is InChI=1S/C14H17F3O2/c1-2-3-4-7-10-19-12-9-6-5-8-11(12)13(18)14(15,16)17/h5-6,8-9H,2-4,7,10H2,1H3. The van der Waals surface area contributed by atoms with Crippen LogP contribution >= 0.6 is 0 Å². The van der Waals surface area contributed by atoms with Gasteiger partial charge in [0, 0.05) is 0 Å². The molecule has 1 aromatic carbocycles. The molecule has 2 nitrogen and oxygen atoms in total. The number of benzene rings is 1. The van der Waals surface area contributed by atoms with Crippen molar-refractivity contribution in [2.24, 2.45) is 0 Å². The molecule has 0 heterocycles. The first-order chi connectivity index (χ1) is 8.96. The van der Waals surface area contributed by atoms with E-state index < -0.39 is 17.5 Å². The molecule has 19 heavy (non-hydrogen) atoms. The van der Waals surface area contributed by atoms with Gasteiger partial charge in [-0.1, -0.05) is 38.3 Å². The number of hydrogen-bond acceptors (Lipinski definition) is 2. The summed E-state index contributed by atoms with van der Waals surface area (Å²) in [5, 5.41) is 0. The lowest BCUT2D eigenvalue weighted by molar-refractivity contribution is -0.0886. The van der Waals surface area contributed by atoms with Gasteiger partial charge in [-0.05, 0) is 18.6 Å². The van der Waals surface area contributed by atoms with Gasteiger partial charge in [0.25, 0.3) is 5.78 Å². The van der Waals surface area contributed by atoms with E-state index in [9.17, 15) is 18.0 Å². The van der Waals surface area contributed by atoms with Crippen LogP contribution in [0, 0.1) is 0 Å². The van der Waals surface area contributed by atoms with Gasteiger partial charge in [0.05, 0.1) is 12.2 Å². The molecule has 1 rings (SSSR count). The van der Waals surface area contributed by atoms with Gasteiger partial charge in [0.2, 0.25) is 0 Å². The number of halogens is 3. The maximum absolute atomic E-state index is 12.4. The van der Waals surface area contributed by atoms with E-state index in [0.717, 1.165) is 31.7 Å². The van der Waals surface area contributed by atoms with Crippen LogP contribution in [0.25, 0.3) is 0 Å². The maximum Gasteiger partial charge on any atom is 0.455 e. The number of rotatable bonds is 7. The molecule has 0 aromatic heterocycles. The summed E-state index contributed by atoms with van der Waals surface area (Å²) in [6, 6.07) is 5.47. The number of Topliss-reactive ketones (excluding diaryl/α,β-unsaturated/α-hetero) is 1. The highest BCUT2D eigenvalue weighted by Gasteiger charge is 2.40. The first-order valence-electron chi connectivity index (χ1n) is 6.30. The Kier molecular flexibility index (Phi) is 5.86. The fourth-order valence-electron chi connectivity index (χ4n) is 1.64. The van der Waals surface area contributed by atoms with Gasteiger partial charge in [-0.3, -0.25) is 4.79 Å². The monoisotopic (exact) mass is 274 g/mol. The van der Waals surface area contributed by atoms with Crippen molar-refractivity contribution in [2.75, 3.05) is 6.61 Å². The molecule has 106 valence electrons. The number of ether oxygens (including phenoxy) is 1. The summed E-state index contributed by atoms with van der Waals surface area (Å²) in [5.41, 5.74) is -0.425. The quantitative estimate of drug-likeness (QED) is 0.544. The second kappa shape index (κ2) is 7.16. The largest absolute Gasteiger partial charge is 0.493 e. The molecule has 0 atom stereocenters. The third-order valence-corrected chi connectivity index (χ3v) is 2.64. The Labute approximate surface area is 110 Å². The van der Waals surface area contributed by atoms with E-state index in [0.29, 0.717) is 6.61 Å². The summed E-state index contributed by atoms with van der Waals surface area (Å²) >= 11 is 0. The van der Waals surface area contributed by atoms with Crippen LogP contribution in [0.3, 0.4) is 0 Å². The van der Waals surface area contributed by atoms with Crippen molar-refractivity contribution >= 4 is 5.78 Å². The minimum absolute atomic E-state index is 0.00123. The summed E-state index contributed by atoms with van der Waals surface area (Å²) in [7, 11) is 0. The molecule has 0 saturated heterocycles. The molecule has 0 saturated carbocycles.